The van der Waals surface area contributed by atoms with Crippen molar-refractivity contribution in [1.29, 1.82) is 0 Å². The average molecular weight is 357 g/mol. The number of rotatable bonds is 4. The fourth-order valence-electron chi connectivity index (χ4n) is 3.06. The molecule has 6 heteroatoms. The first-order valence-corrected chi connectivity index (χ1v) is 8.56. The Morgan fingerprint density at radius 3 is 2.41 bits per heavy atom. The van der Waals surface area contributed by atoms with Gasteiger partial charge in [0, 0.05) is 11.3 Å². The maximum Gasteiger partial charge on any atom is 0.421 e. The smallest absolute Gasteiger partial charge is 0.421 e. The molecule has 0 aliphatic rings. The molecule has 0 bridgehead atoms. The lowest BCUT2D eigenvalue weighted by atomic mass is 10.2. The van der Waals surface area contributed by atoms with Crippen molar-refractivity contribution in [3.8, 4) is 11.5 Å². The number of nitrogens with one attached hydrogen (secondary N) is 1. The highest BCUT2D eigenvalue weighted by Crippen LogP contribution is 2.25. The first-order valence-electron chi connectivity index (χ1n) is 8.56. The van der Waals surface area contributed by atoms with Crippen LogP contribution in [0.1, 0.15) is 0 Å². The molecule has 0 aliphatic heterocycles. The molecule has 0 atom stereocenters. The van der Waals surface area contributed by atoms with Crippen LogP contribution in [0.3, 0.4) is 0 Å². The molecule has 132 valence electrons. The molecule has 0 spiro atoms. The second-order valence-electron chi connectivity index (χ2n) is 6.16. The van der Waals surface area contributed by atoms with Crippen LogP contribution in [0, 0.1) is 0 Å². The average Bonchev–Trinajstić information content (AvgIpc) is 3.27. The topological polar surface area (TPSA) is 73.2 Å². The summed E-state index contributed by atoms with van der Waals surface area (Å²) in [5.41, 5.74) is 4.71. The summed E-state index contributed by atoms with van der Waals surface area (Å²) in [5.74, 6) is 0.201. The minimum absolute atomic E-state index is 0.318. The van der Waals surface area contributed by atoms with E-state index in [0.717, 1.165) is 27.9 Å². The summed E-state index contributed by atoms with van der Waals surface area (Å²) in [5, 5.41) is 3.24. The number of nitrogens with zero attached hydrogens (tertiary/aromatic N) is 2. The van der Waals surface area contributed by atoms with Crippen molar-refractivity contribution in [1.82, 2.24) is 9.55 Å². The lowest BCUT2D eigenvalue weighted by Crippen LogP contribution is -2.19. The predicted molar refractivity (Wildman–Crippen MR) is 104 cm³/mol. The van der Waals surface area contributed by atoms with E-state index >= 15 is 0 Å². The molecule has 27 heavy (non-hydrogen) atoms. The van der Waals surface area contributed by atoms with Gasteiger partial charge in [0.1, 0.15) is 5.52 Å². The van der Waals surface area contributed by atoms with Crippen LogP contribution in [0.25, 0.3) is 33.7 Å². The molecule has 0 radical (unpaired) electrons. The predicted octanol–water partition coefficient (Wildman–Crippen LogP) is 4.47. The molecule has 0 fully saturated rings. The van der Waals surface area contributed by atoms with E-state index in [1.165, 1.54) is 0 Å². The summed E-state index contributed by atoms with van der Waals surface area (Å²) in [6, 6.07) is 22.8. The lowest BCUT2D eigenvalue weighted by molar-refractivity contribution is 0.515. The van der Waals surface area contributed by atoms with Crippen LogP contribution >= 0.6 is 0 Å². The first kappa shape index (κ1) is 15.5. The van der Waals surface area contributed by atoms with Gasteiger partial charge in [-0.2, -0.15) is 0 Å². The van der Waals surface area contributed by atoms with Gasteiger partial charge in [-0.25, -0.2) is 9.78 Å². The summed E-state index contributed by atoms with van der Waals surface area (Å²) in [6.07, 6.45) is 0. The zero-order chi connectivity index (χ0) is 18.2. The second kappa shape index (κ2) is 6.17. The van der Waals surface area contributed by atoms with Crippen LogP contribution in [0.4, 0.5) is 5.69 Å². The van der Waals surface area contributed by atoms with Crippen LogP contribution in [-0.2, 0) is 6.67 Å². The molecule has 1 N–H and O–H groups in total. The van der Waals surface area contributed by atoms with Crippen molar-refractivity contribution in [3.63, 3.8) is 0 Å². The molecule has 0 saturated heterocycles. The van der Waals surface area contributed by atoms with E-state index in [1.54, 1.807) is 10.6 Å². The summed E-state index contributed by atoms with van der Waals surface area (Å²) in [7, 11) is 0. The second-order valence-corrected chi connectivity index (χ2v) is 6.16. The number of anilines is 1. The van der Waals surface area contributed by atoms with E-state index in [4.69, 9.17) is 8.83 Å². The van der Waals surface area contributed by atoms with Crippen molar-refractivity contribution in [3.05, 3.63) is 83.3 Å². The third-order valence-corrected chi connectivity index (χ3v) is 4.44. The van der Waals surface area contributed by atoms with Crippen molar-refractivity contribution in [2.45, 2.75) is 6.67 Å². The van der Waals surface area contributed by atoms with Crippen LogP contribution < -0.4 is 11.1 Å². The third kappa shape index (κ3) is 2.77. The fourth-order valence-corrected chi connectivity index (χ4v) is 3.06. The zero-order valence-electron chi connectivity index (χ0n) is 14.3. The van der Waals surface area contributed by atoms with E-state index in [2.05, 4.69) is 10.3 Å². The van der Waals surface area contributed by atoms with E-state index < -0.39 is 0 Å². The molecular formula is C21H15N3O3. The number of oxazole rings is 2. The Kier molecular flexibility index (Phi) is 3.53. The molecule has 5 rings (SSSR count). The summed E-state index contributed by atoms with van der Waals surface area (Å²) in [6.45, 7) is 0.318. The molecule has 5 aromatic rings. The van der Waals surface area contributed by atoms with E-state index in [0.29, 0.717) is 18.1 Å². The number of para-hydroxylation sites is 4. The third-order valence-electron chi connectivity index (χ3n) is 4.44. The Labute approximate surface area is 153 Å². The number of aromatic nitrogens is 2. The van der Waals surface area contributed by atoms with Crippen molar-refractivity contribution >= 4 is 27.9 Å². The summed E-state index contributed by atoms with van der Waals surface area (Å²) in [4.78, 5) is 16.5. The van der Waals surface area contributed by atoms with Crippen LogP contribution in [0.5, 0.6) is 0 Å². The highest BCUT2D eigenvalue weighted by atomic mass is 16.4. The molecule has 6 nitrogen and oxygen atoms in total. The van der Waals surface area contributed by atoms with E-state index in [-0.39, 0.29) is 5.76 Å². The van der Waals surface area contributed by atoms with Gasteiger partial charge in [-0.3, -0.25) is 4.57 Å². The molecule has 2 aromatic heterocycles. The first-order chi connectivity index (χ1) is 13.3. The van der Waals surface area contributed by atoms with Crippen LogP contribution in [-0.4, -0.2) is 9.55 Å². The number of hydrogen-bond donors (Lipinski definition) is 1. The van der Waals surface area contributed by atoms with Gasteiger partial charge >= 0.3 is 5.76 Å². The van der Waals surface area contributed by atoms with Gasteiger partial charge < -0.3 is 14.2 Å². The summed E-state index contributed by atoms with van der Waals surface area (Å²) >= 11 is 0. The van der Waals surface area contributed by atoms with E-state index in [9.17, 15) is 4.79 Å². The Morgan fingerprint density at radius 2 is 1.59 bits per heavy atom. The van der Waals surface area contributed by atoms with E-state index in [1.807, 2.05) is 66.7 Å². The highest BCUT2D eigenvalue weighted by molar-refractivity contribution is 5.76. The maximum atomic E-state index is 12.0. The Balaban J connectivity index is 1.37. The molecule has 0 amide bonds. The number of fused-ring (bicyclic) bond motifs is 2. The van der Waals surface area contributed by atoms with Gasteiger partial charge in [0.05, 0.1) is 12.2 Å². The Hall–Kier alpha value is -3.80. The van der Waals surface area contributed by atoms with Gasteiger partial charge in [-0.15, -0.1) is 0 Å². The monoisotopic (exact) mass is 357 g/mol. The molecule has 3 aromatic carbocycles. The maximum absolute atomic E-state index is 12.0. The minimum atomic E-state index is -0.383. The highest BCUT2D eigenvalue weighted by Gasteiger charge is 2.09. The SMILES string of the molecule is O=c1oc2ccccc2n1CNc1ccc(-c2nc3ccccc3o2)cc1. The Morgan fingerprint density at radius 1 is 0.852 bits per heavy atom. The molecule has 2 heterocycles. The van der Waals surface area contributed by atoms with Gasteiger partial charge in [0.25, 0.3) is 0 Å². The number of benzene rings is 3. The minimum Gasteiger partial charge on any atom is -0.436 e. The number of hydrogen-bond acceptors (Lipinski definition) is 5. The molecule has 0 aliphatic carbocycles. The van der Waals surface area contributed by atoms with Crippen LogP contribution in [0.15, 0.2) is 86.4 Å². The van der Waals surface area contributed by atoms with Gasteiger partial charge in [0.2, 0.25) is 5.89 Å². The zero-order valence-corrected chi connectivity index (χ0v) is 14.3. The largest absolute Gasteiger partial charge is 0.436 e. The standard InChI is InChI=1S/C21H15N3O3/c25-21-24(17-6-2-4-8-19(17)27-21)13-22-15-11-9-14(10-12-15)20-23-16-5-1-3-7-18(16)26-20/h1-12,22H,13H2. The summed E-state index contributed by atoms with van der Waals surface area (Å²) < 4.78 is 12.6. The van der Waals surface area contributed by atoms with Crippen molar-refractivity contribution in [2.75, 3.05) is 5.32 Å². The molecular weight excluding hydrogens is 342 g/mol. The van der Waals surface area contributed by atoms with Crippen molar-refractivity contribution in [2.24, 2.45) is 0 Å². The van der Waals surface area contributed by atoms with Gasteiger partial charge in [-0.1, -0.05) is 24.3 Å². The van der Waals surface area contributed by atoms with Gasteiger partial charge in [-0.05, 0) is 48.5 Å². The Bertz CT molecular complexity index is 1260. The quantitative estimate of drug-likeness (QED) is 0.514. The fraction of sp³-hybridized carbons (Fsp3) is 0.0476. The molecule has 0 unspecified atom stereocenters. The van der Waals surface area contributed by atoms with Crippen LogP contribution in [0.2, 0.25) is 0 Å². The molecule has 0 saturated carbocycles. The van der Waals surface area contributed by atoms with Gasteiger partial charge in [0.15, 0.2) is 11.2 Å². The van der Waals surface area contributed by atoms with Crippen molar-refractivity contribution < 1.29 is 8.83 Å². The normalized spacial score (nSPS) is 11.3. The lowest BCUT2D eigenvalue weighted by Gasteiger charge is -2.07.